The topological polar surface area (TPSA) is 181 Å². The minimum absolute atomic E-state index is 0.123. The normalized spacial score (nSPS) is 24.4. The number of nitrogens with one attached hydrogen (secondary N) is 2. The molecule has 2 aliphatic carbocycles. The predicted octanol–water partition coefficient (Wildman–Crippen LogP) is 8.15. The van der Waals surface area contributed by atoms with E-state index in [0.29, 0.717) is 54.8 Å². The Morgan fingerprint density at radius 2 is 1.20 bits per heavy atom. The maximum absolute atomic E-state index is 12.9. The van der Waals surface area contributed by atoms with Crippen LogP contribution in [0.1, 0.15) is 87.5 Å². The fraction of sp³-hybridized carbons (Fsp3) is 0.500. The number of aliphatic hydroxyl groups excluding tert-OH is 3. The van der Waals surface area contributed by atoms with E-state index in [9.17, 15) is 34.5 Å². The molecule has 55 heavy (non-hydrogen) atoms. The first-order valence-corrected chi connectivity index (χ1v) is 20.4. The molecular formula is C40H49Br2ClN2O10. The van der Waals surface area contributed by atoms with Crippen LogP contribution in [0.2, 0.25) is 0 Å². The van der Waals surface area contributed by atoms with E-state index < -0.39 is 22.7 Å². The number of hydrogen-bond acceptors (Lipinski definition) is 10. The Morgan fingerprint density at radius 1 is 0.764 bits per heavy atom. The number of aryl methyl sites for hydroxylation is 2. The summed E-state index contributed by atoms with van der Waals surface area (Å²) in [5, 5.41) is 35.5. The number of carbonyl (C=O) groups excluding carboxylic acids is 4. The Bertz CT molecular complexity index is 1810. The minimum atomic E-state index is -0.811. The molecule has 0 saturated heterocycles. The van der Waals surface area contributed by atoms with Crippen molar-refractivity contribution >= 4 is 78.0 Å². The summed E-state index contributed by atoms with van der Waals surface area (Å²) in [5.41, 5.74) is 2.06. The van der Waals surface area contributed by atoms with E-state index in [-0.39, 0.29) is 49.2 Å². The summed E-state index contributed by atoms with van der Waals surface area (Å²) in [4.78, 5) is 47.1. The van der Waals surface area contributed by atoms with Crippen LogP contribution in [-0.2, 0) is 23.8 Å². The number of carbonyl (C=O) groups is 4. The third-order valence-corrected chi connectivity index (χ3v) is 11.9. The van der Waals surface area contributed by atoms with Crippen molar-refractivity contribution in [1.29, 1.82) is 0 Å². The van der Waals surface area contributed by atoms with Gasteiger partial charge in [0.2, 0.25) is 0 Å². The summed E-state index contributed by atoms with van der Waals surface area (Å²) >= 11 is 11.7. The second-order valence-corrected chi connectivity index (χ2v) is 16.2. The molecule has 2 aromatic rings. The van der Waals surface area contributed by atoms with Crippen molar-refractivity contribution in [2.24, 2.45) is 11.8 Å². The summed E-state index contributed by atoms with van der Waals surface area (Å²) in [6.45, 7) is 8.14. The van der Waals surface area contributed by atoms with Gasteiger partial charge in [-0.2, -0.15) is 0 Å². The van der Waals surface area contributed by atoms with Crippen molar-refractivity contribution in [2.75, 3.05) is 26.4 Å². The Kier molecular flexibility index (Phi) is 15.8. The predicted molar refractivity (Wildman–Crippen MR) is 215 cm³/mol. The number of ether oxygens (including phenoxy) is 3. The molecule has 2 heterocycles. The molecule has 15 heteroatoms. The monoisotopic (exact) mass is 910 g/mol. The van der Waals surface area contributed by atoms with Crippen LogP contribution in [-0.4, -0.2) is 76.2 Å². The zero-order valence-electron chi connectivity index (χ0n) is 31.4. The fourth-order valence-electron chi connectivity index (χ4n) is 7.43. The summed E-state index contributed by atoms with van der Waals surface area (Å²) in [6.07, 6.45) is 4.84. The lowest BCUT2D eigenvalue weighted by atomic mass is 9.76. The molecule has 0 bridgehead atoms. The maximum atomic E-state index is 12.9. The van der Waals surface area contributed by atoms with E-state index in [4.69, 9.17) is 21.1 Å². The van der Waals surface area contributed by atoms with Gasteiger partial charge in [-0.25, -0.2) is 9.59 Å². The van der Waals surface area contributed by atoms with Crippen LogP contribution in [0.25, 0.3) is 11.1 Å². The average Bonchev–Trinajstić information content (AvgIpc) is 3.54. The zero-order chi connectivity index (χ0) is 40.5. The van der Waals surface area contributed by atoms with E-state index in [0.717, 1.165) is 51.3 Å². The number of benzene rings is 2. The molecule has 5 N–H and O–H groups in total. The van der Waals surface area contributed by atoms with Crippen LogP contribution in [0, 0.1) is 25.7 Å². The number of halogens is 3. The molecule has 12 nitrogen and oxygen atoms in total. The first-order valence-electron chi connectivity index (χ1n) is 18.4. The summed E-state index contributed by atoms with van der Waals surface area (Å²) in [7, 11) is 0. The average molecular weight is 913 g/mol. The third-order valence-electron chi connectivity index (χ3n) is 10.4. The molecule has 0 radical (unpaired) electrons. The van der Waals surface area contributed by atoms with E-state index in [1.807, 2.05) is 50.2 Å². The van der Waals surface area contributed by atoms with Crippen molar-refractivity contribution < 1.29 is 48.7 Å². The minimum Gasteiger partial charge on any atom is -0.509 e. The van der Waals surface area contributed by atoms with Gasteiger partial charge in [0.05, 0.1) is 35.4 Å². The molecule has 0 aromatic heterocycles. The lowest BCUT2D eigenvalue weighted by Gasteiger charge is -2.37. The Hall–Kier alpha value is -3.43. The van der Waals surface area contributed by atoms with Crippen LogP contribution in [0.5, 0.6) is 0 Å². The lowest BCUT2D eigenvalue weighted by Crippen LogP contribution is -2.48. The van der Waals surface area contributed by atoms with Crippen molar-refractivity contribution in [2.45, 2.75) is 90.1 Å². The van der Waals surface area contributed by atoms with Gasteiger partial charge in [0.15, 0.2) is 0 Å². The molecule has 2 aliphatic heterocycles. The maximum Gasteiger partial charge on any atom is 0.513 e. The first kappa shape index (κ1) is 44.3. The van der Waals surface area contributed by atoms with E-state index in [1.54, 1.807) is 13.8 Å². The number of amides is 2. The second-order valence-electron chi connectivity index (χ2n) is 14.2. The van der Waals surface area contributed by atoms with Gasteiger partial charge in [-0.3, -0.25) is 9.59 Å². The van der Waals surface area contributed by atoms with Gasteiger partial charge in [0, 0.05) is 44.9 Å². The molecule has 0 atom stereocenters. The van der Waals surface area contributed by atoms with Crippen LogP contribution in [0.15, 0.2) is 56.9 Å². The van der Waals surface area contributed by atoms with Gasteiger partial charge < -0.3 is 40.2 Å². The molecule has 2 amide bonds. The van der Waals surface area contributed by atoms with Gasteiger partial charge >= 0.3 is 11.6 Å². The Balaban J connectivity index is 0.000000216. The quantitative estimate of drug-likeness (QED) is 0.134. The van der Waals surface area contributed by atoms with Crippen molar-refractivity contribution in [1.82, 2.24) is 10.6 Å². The number of aliphatic hydroxyl groups is 3. The highest BCUT2D eigenvalue weighted by Gasteiger charge is 2.51. The highest BCUT2D eigenvalue weighted by molar-refractivity contribution is 9.10. The van der Waals surface area contributed by atoms with E-state index >= 15 is 0 Å². The van der Waals surface area contributed by atoms with E-state index in [1.165, 1.54) is 0 Å². The molecule has 2 spiro atoms. The summed E-state index contributed by atoms with van der Waals surface area (Å²) < 4.78 is 16.3. The van der Waals surface area contributed by atoms with Crippen molar-refractivity contribution in [3.8, 4) is 0 Å². The van der Waals surface area contributed by atoms with Gasteiger partial charge in [-0.15, -0.1) is 0 Å². The molecule has 300 valence electrons. The van der Waals surface area contributed by atoms with Gasteiger partial charge in [0.1, 0.15) is 11.5 Å². The van der Waals surface area contributed by atoms with Crippen LogP contribution < -0.4 is 10.6 Å². The molecule has 2 saturated carbocycles. The molecule has 2 aromatic carbocycles. The SMILES string of the molecule is CCOC(=O)Cl.CCOC(=O)OC1=C(c2cc(C)ccc2Br)C(=O)NC12CCC(CO)CC2.Cc1ccc(Br)c(C2=C(O)C3(CCC(CO)CC3)NC2=O)c1. The van der Waals surface area contributed by atoms with Crippen LogP contribution >= 0.6 is 43.5 Å². The molecule has 0 unspecified atom stereocenters. The Morgan fingerprint density at radius 3 is 1.64 bits per heavy atom. The Labute approximate surface area is 343 Å². The van der Waals surface area contributed by atoms with Gasteiger partial charge in [-0.05, 0) is 115 Å². The van der Waals surface area contributed by atoms with Crippen molar-refractivity contribution in [3.63, 3.8) is 0 Å². The molecule has 2 fully saturated rings. The first-order chi connectivity index (χ1) is 26.1. The highest BCUT2D eigenvalue weighted by atomic mass is 79.9. The van der Waals surface area contributed by atoms with Crippen molar-refractivity contribution in [3.05, 3.63) is 79.1 Å². The third kappa shape index (κ3) is 10.5. The molecule has 4 aliphatic rings. The summed E-state index contributed by atoms with van der Waals surface area (Å²) in [6, 6.07) is 11.5. The second kappa shape index (κ2) is 19.6. The van der Waals surface area contributed by atoms with Crippen LogP contribution in [0.3, 0.4) is 0 Å². The number of hydrogen-bond donors (Lipinski definition) is 5. The largest absolute Gasteiger partial charge is 0.513 e. The molecule has 6 rings (SSSR count). The standard InChI is InChI=1S/C20H24BrNO5.C17H20BrNO3.C3H5ClO2/c1-3-26-19(25)27-17-16(14-10-12(2)4-5-15(14)21)18(24)22-20(17)8-6-13(11-23)7-9-20;1-10-2-3-13(18)12(8-10)14-15(21)17(19-16(14)22)6-4-11(9-20)5-7-17;1-2-6-3(4)5/h4-5,10,13,23H,3,6-9,11H2,1-2H3,(H,22,24);2-3,8,11,20-21H,4-7,9H2,1H3,(H,19,22);2H2,1H3. The van der Waals surface area contributed by atoms with Gasteiger partial charge in [0.25, 0.3) is 11.8 Å². The fourth-order valence-corrected chi connectivity index (χ4v) is 8.43. The lowest BCUT2D eigenvalue weighted by molar-refractivity contribution is -0.117. The summed E-state index contributed by atoms with van der Waals surface area (Å²) in [5.74, 6) is 0.472. The highest BCUT2D eigenvalue weighted by Crippen LogP contribution is 2.46. The zero-order valence-corrected chi connectivity index (χ0v) is 35.4. The number of rotatable bonds is 7. The van der Waals surface area contributed by atoms with Crippen LogP contribution in [0.4, 0.5) is 9.59 Å². The molecular weight excluding hydrogens is 864 g/mol. The van der Waals surface area contributed by atoms with Gasteiger partial charge in [-0.1, -0.05) is 55.1 Å². The van der Waals surface area contributed by atoms with E-state index in [2.05, 4.69) is 47.2 Å². The smallest absolute Gasteiger partial charge is 0.509 e.